The normalized spacial score (nSPS) is 13.0. The van der Waals surface area contributed by atoms with Crippen molar-refractivity contribution in [2.45, 2.75) is 12.2 Å². The summed E-state index contributed by atoms with van der Waals surface area (Å²) in [5.41, 5.74) is 6.20. The van der Waals surface area contributed by atoms with Crippen molar-refractivity contribution in [3.8, 4) is 0 Å². The minimum absolute atomic E-state index is 0.0476. The number of alkyl halides is 3. The molecular weight excluding hydrogens is 265 g/mol. The minimum atomic E-state index is -4.37. The Labute approximate surface area is 115 Å². The maximum atomic E-state index is 12.8. The fraction of sp³-hybridized carbons (Fsp3) is 0.200. The van der Waals surface area contributed by atoms with Gasteiger partial charge in [0.15, 0.2) is 0 Å². The Morgan fingerprint density at radius 3 is 2.20 bits per heavy atom. The summed E-state index contributed by atoms with van der Waals surface area (Å²) in [5.74, 6) is 0. The van der Waals surface area contributed by atoms with E-state index in [0.717, 1.165) is 11.6 Å². The molecule has 3 N–H and O–H groups in total. The molecule has 2 rings (SSSR count). The number of anilines is 1. The molecule has 0 aliphatic rings. The van der Waals surface area contributed by atoms with Crippen LogP contribution < -0.4 is 11.1 Å². The molecule has 2 aromatic carbocycles. The summed E-state index contributed by atoms with van der Waals surface area (Å²) in [6.45, 7) is 0.233. The van der Waals surface area contributed by atoms with Crippen LogP contribution in [0.3, 0.4) is 0 Å². The van der Waals surface area contributed by atoms with Gasteiger partial charge in [-0.3, -0.25) is 0 Å². The Hall–Kier alpha value is -2.01. The van der Waals surface area contributed by atoms with Gasteiger partial charge in [-0.1, -0.05) is 42.5 Å². The third-order valence-electron chi connectivity index (χ3n) is 2.97. The number of hydrogen-bond acceptors (Lipinski definition) is 2. The summed E-state index contributed by atoms with van der Waals surface area (Å²) < 4.78 is 38.5. The van der Waals surface area contributed by atoms with E-state index in [4.69, 9.17) is 5.73 Å². The van der Waals surface area contributed by atoms with Crippen molar-refractivity contribution in [3.63, 3.8) is 0 Å². The smallest absolute Gasteiger partial charge is 0.383 e. The largest absolute Gasteiger partial charge is 0.418 e. The number of para-hydroxylation sites is 1. The number of hydrogen-bond donors (Lipinski definition) is 2. The van der Waals surface area contributed by atoms with E-state index in [-0.39, 0.29) is 18.3 Å². The molecule has 2 nitrogen and oxygen atoms in total. The lowest BCUT2D eigenvalue weighted by molar-refractivity contribution is -0.136. The molecule has 0 bridgehead atoms. The second kappa shape index (κ2) is 5.96. The number of rotatable bonds is 4. The third kappa shape index (κ3) is 3.51. The molecule has 1 atom stereocenters. The first kappa shape index (κ1) is 14.4. The lowest BCUT2D eigenvalue weighted by Crippen LogP contribution is -2.22. The molecule has 106 valence electrons. The van der Waals surface area contributed by atoms with Gasteiger partial charge in [0.2, 0.25) is 0 Å². The Kier molecular flexibility index (Phi) is 4.29. The van der Waals surface area contributed by atoms with E-state index in [2.05, 4.69) is 5.32 Å². The predicted molar refractivity (Wildman–Crippen MR) is 73.3 cm³/mol. The summed E-state index contributed by atoms with van der Waals surface area (Å²) in [4.78, 5) is 0. The molecule has 0 heterocycles. The second-order valence-corrected chi connectivity index (χ2v) is 4.44. The van der Waals surface area contributed by atoms with E-state index in [1.54, 1.807) is 6.07 Å². The highest BCUT2D eigenvalue weighted by Crippen LogP contribution is 2.34. The van der Waals surface area contributed by atoms with Crippen LogP contribution in [-0.4, -0.2) is 6.54 Å². The zero-order valence-corrected chi connectivity index (χ0v) is 10.7. The van der Waals surface area contributed by atoms with Crippen molar-refractivity contribution in [2.75, 3.05) is 11.9 Å². The molecule has 2 aromatic rings. The van der Waals surface area contributed by atoms with Gasteiger partial charge in [0.25, 0.3) is 0 Å². The summed E-state index contributed by atoms with van der Waals surface area (Å²) in [6, 6.07) is 14.3. The van der Waals surface area contributed by atoms with Crippen LogP contribution in [0.2, 0.25) is 0 Å². The van der Waals surface area contributed by atoms with Gasteiger partial charge in [-0.05, 0) is 17.7 Å². The van der Waals surface area contributed by atoms with E-state index < -0.39 is 11.7 Å². The molecule has 0 amide bonds. The second-order valence-electron chi connectivity index (χ2n) is 4.44. The topological polar surface area (TPSA) is 38.0 Å². The van der Waals surface area contributed by atoms with Gasteiger partial charge in [0.1, 0.15) is 0 Å². The first-order valence-electron chi connectivity index (χ1n) is 6.19. The Balaban J connectivity index is 2.08. The zero-order chi connectivity index (χ0) is 14.6. The van der Waals surface area contributed by atoms with Gasteiger partial charge in [-0.2, -0.15) is 13.2 Å². The van der Waals surface area contributed by atoms with Crippen LogP contribution in [0, 0.1) is 0 Å². The maximum absolute atomic E-state index is 12.8. The van der Waals surface area contributed by atoms with Crippen LogP contribution in [0.25, 0.3) is 0 Å². The van der Waals surface area contributed by atoms with Gasteiger partial charge >= 0.3 is 6.18 Å². The van der Waals surface area contributed by atoms with Crippen molar-refractivity contribution in [2.24, 2.45) is 5.73 Å². The van der Waals surface area contributed by atoms with Crippen molar-refractivity contribution in [1.29, 1.82) is 0 Å². The van der Waals surface area contributed by atoms with Gasteiger partial charge in [-0.25, -0.2) is 0 Å². The minimum Gasteiger partial charge on any atom is -0.383 e. The number of halogens is 3. The number of benzene rings is 2. The molecule has 0 spiro atoms. The van der Waals surface area contributed by atoms with Crippen LogP contribution >= 0.6 is 0 Å². The molecule has 0 fully saturated rings. The maximum Gasteiger partial charge on any atom is 0.418 e. The lowest BCUT2D eigenvalue weighted by atomic mass is 10.1. The molecule has 1 unspecified atom stereocenters. The SMILES string of the molecule is NC(CNc1ccccc1C(F)(F)F)c1ccccc1. The van der Waals surface area contributed by atoms with Crippen molar-refractivity contribution >= 4 is 5.69 Å². The molecule has 5 heteroatoms. The Bertz CT molecular complexity index is 553. The highest BCUT2D eigenvalue weighted by Gasteiger charge is 2.33. The Morgan fingerprint density at radius 1 is 0.950 bits per heavy atom. The average Bonchev–Trinajstić information content (AvgIpc) is 2.45. The van der Waals surface area contributed by atoms with Crippen molar-refractivity contribution in [1.82, 2.24) is 0 Å². The molecular formula is C15H15F3N2. The summed E-state index contributed by atoms with van der Waals surface area (Å²) in [5, 5.41) is 2.77. The highest BCUT2D eigenvalue weighted by molar-refractivity contribution is 5.52. The average molecular weight is 280 g/mol. The third-order valence-corrected chi connectivity index (χ3v) is 2.97. The van der Waals surface area contributed by atoms with E-state index in [9.17, 15) is 13.2 Å². The standard InChI is InChI=1S/C15H15F3N2/c16-15(17,18)12-8-4-5-9-14(12)20-10-13(19)11-6-2-1-3-7-11/h1-9,13,20H,10,19H2. The molecule has 0 aromatic heterocycles. The first-order valence-corrected chi connectivity index (χ1v) is 6.19. The van der Waals surface area contributed by atoms with E-state index >= 15 is 0 Å². The van der Waals surface area contributed by atoms with Crippen LogP contribution in [-0.2, 0) is 6.18 Å². The van der Waals surface area contributed by atoms with E-state index in [1.807, 2.05) is 30.3 Å². The fourth-order valence-electron chi connectivity index (χ4n) is 1.92. The summed E-state index contributed by atoms with van der Waals surface area (Å²) >= 11 is 0. The van der Waals surface area contributed by atoms with Crippen molar-refractivity contribution in [3.05, 3.63) is 65.7 Å². The Morgan fingerprint density at radius 2 is 1.55 bits per heavy atom. The van der Waals surface area contributed by atoms with Crippen molar-refractivity contribution < 1.29 is 13.2 Å². The van der Waals surface area contributed by atoms with Gasteiger partial charge in [0.05, 0.1) is 5.56 Å². The molecule has 20 heavy (non-hydrogen) atoms. The highest BCUT2D eigenvalue weighted by atomic mass is 19.4. The quantitative estimate of drug-likeness (QED) is 0.893. The van der Waals surface area contributed by atoms with Crippen LogP contribution in [0.5, 0.6) is 0 Å². The predicted octanol–water partition coefficient (Wildman–Crippen LogP) is 3.82. The van der Waals surface area contributed by atoms with Crippen LogP contribution in [0.4, 0.5) is 18.9 Å². The monoisotopic (exact) mass is 280 g/mol. The number of nitrogens with two attached hydrogens (primary N) is 1. The lowest BCUT2D eigenvalue weighted by Gasteiger charge is -2.17. The van der Waals surface area contributed by atoms with E-state index in [0.29, 0.717) is 0 Å². The van der Waals surface area contributed by atoms with Gasteiger partial charge in [-0.15, -0.1) is 0 Å². The van der Waals surface area contributed by atoms with Crippen LogP contribution in [0.15, 0.2) is 54.6 Å². The first-order chi connectivity index (χ1) is 9.48. The number of nitrogens with one attached hydrogen (secondary N) is 1. The molecule has 0 radical (unpaired) electrons. The summed E-state index contributed by atoms with van der Waals surface area (Å²) in [7, 11) is 0. The summed E-state index contributed by atoms with van der Waals surface area (Å²) in [6.07, 6.45) is -4.37. The fourth-order valence-corrected chi connectivity index (χ4v) is 1.92. The molecule has 0 saturated heterocycles. The molecule has 0 aliphatic carbocycles. The molecule has 0 saturated carbocycles. The van der Waals surface area contributed by atoms with Gasteiger partial charge in [0, 0.05) is 18.3 Å². The molecule has 0 aliphatic heterocycles. The zero-order valence-electron chi connectivity index (χ0n) is 10.7. The van der Waals surface area contributed by atoms with Gasteiger partial charge < -0.3 is 11.1 Å². The van der Waals surface area contributed by atoms with Crippen LogP contribution in [0.1, 0.15) is 17.2 Å². The van der Waals surface area contributed by atoms with E-state index in [1.165, 1.54) is 12.1 Å².